The maximum absolute atomic E-state index is 12.8. The Bertz CT molecular complexity index is 1130. The summed E-state index contributed by atoms with van der Waals surface area (Å²) in [5.74, 6) is 0.718. The van der Waals surface area contributed by atoms with Gasteiger partial charge in [-0.2, -0.15) is 4.98 Å². The largest absolute Gasteiger partial charge is 0.408 e. The van der Waals surface area contributed by atoms with Crippen molar-refractivity contribution in [3.63, 3.8) is 0 Å². The van der Waals surface area contributed by atoms with Crippen LogP contribution in [0.5, 0.6) is 0 Å². The van der Waals surface area contributed by atoms with E-state index >= 15 is 0 Å². The lowest BCUT2D eigenvalue weighted by atomic mass is 10.0. The average molecular weight is 467 g/mol. The number of pyridine rings is 1. The van der Waals surface area contributed by atoms with Gasteiger partial charge in [0.2, 0.25) is 5.95 Å². The molecular formula is C25H34N6O3. The Morgan fingerprint density at radius 3 is 2.82 bits per heavy atom. The fourth-order valence-corrected chi connectivity index (χ4v) is 4.15. The van der Waals surface area contributed by atoms with Crippen LogP contribution in [0.1, 0.15) is 25.3 Å². The number of rotatable bonds is 8. The highest BCUT2D eigenvalue weighted by Gasteiger charge is 2.17. The van der Waals surface area contributed by atoms with Crippen molar-refractivity contribution in [1.82, 2.24) is 24.9 Å². The summed E-state index contributed by atoms with van der Waals surface area (Å²) < 4.78 is 6.72. The Kier molecular flexibility index (Phi) is 7.97. The average Bonchev–Trinajstić information content (AvgIpc) is 2.86. The molecule has 9 heteroatoms. The summed E-state index contributed by atoms with van der Waals surface area (Å²) in [5, 5.41) is 7.24. The van der Waals surface area contributed by atoms with E-state index in [0.717, 1.165) is 63.3 Å². The van der Waals surface area contributed by atoms with E-state index in [1.165, 1.54) is 4.73 Å². The van der Waals surface area contributed by atoms with E-state index in [-0.39, 0.29) is 5.56 Å². The first-order chi connectivity index (χ1) is 16.5. The molecular weight excluding hydrogens is 432 g/mol. The lowest BCUT2D eigenvalue weighted by Crippen LogP contribution is -2.42. The molecule has 0 atom stereocenters. The molecule has 0 spiro atoms. The molecule has 0 radical (unpaired) electrons. The first-order valence-electron chi connectivity index (χ1n) is 11.9. The van der Waals surface area contributed by atoms with Crippen LogP contribution in [-0.4, -0.2) is 65.6 Å². The van der Waals surface area contributed by atoms with Crippen molar-refractivity contribution in [2.75, 3.05) is 51.3 Å². The summed E-state index contributed by atoms with van der Waals surface area (Å²) in [5.41, 5.74) is 2.61. The third-order valence-electron chi connectivity index (χ3n) is 6.17. The van der Waals surface area contributed by atoms with E-state index in [9.17, 15) is 4.79 Å². The van der Waals surface area contributed by atoms with Gasteiger partial charge in [-0.1, -0.05) is 12.7 Å². The van der Waals surface area contributed by atoms with Gasteiger partial charge in [0.1, 0.15) is 6.61 Å². The number of fused-ring (bicyclic) bond motifs is 1. The minimum Gasteiger partial charge on any atom is -0.408 e. The van der Waals surface area contributed by atoms with Crippen LogP contribution < -0.4 is 21.0 Å². The van der Waals surface area contributed by atoms with Gasteiger partial charge in [-0.15, -0.1) is 4.73 Å². The van der Waals surface area contributed by atoms with Crippen molar-refractivity contribution < 1.29 is 9.57 Å². The van der Waals surface area contributed by atoms with Gasteiger partial charge < -0.3 is 25.1 Å². The molecule has 2 aromatic rings. The van der Waals surface area contributed by atoms with Gasteiger partial charge in [-0.05, 0) is 50.8 Å². The molecule has 0 bridgehead atoms. The van der Waals surface area contributed by atoms with Crippen LogP contribution in [0.4, 0.5) is 5.95 Å². The lowest BCUT2D eigenvalue weighted by molar-refractivity contribution is 0.0150. The highest BCUT2D eigenvalue weighted by atomic mass is 16.7. The van der Waals surface area contributed by atoms with Gasteiger partial charge in [0.25, 0.3) is 5.56 Å². The van der Waals surface area contributed by atoms with Crippen LogP contribution in [0.2, 0.25) is 0 Å². The molecule has 0 aromatic carbocycles. The Hall–Kier alpha value is -3.17. The van der Waals surface area contributed by atoms with Crippen LogP contribution in [0, 0.1) is 12.8 Å². The molecule has 2 aliphatic heterocycles. The standard InChI is InChI=1S/C25H34N6O3/c1-4-22(30-11-9-26-10-12-30)6-5-19(3)28-25-27-16-21-15-18(2)24(32)31(23(21)29-25)34-17-20-7-13-33-14-8-20/h4-6,15-16,20,26H,3,7-14,17H2,1-2H3,(H,27,28,29)/b6-5-,22-4+. The van der Waals surface area contributed by atoms with Crippen molar-refractivity contribution in [1.29, 1.82) is 0 Å². The van der Waals surface area contributed by atoms with Crippen molar-refractivity contribution in [2.24, 2.45) is 5.92 Å². The number of aryl methyl sites for hydroxylation is 1. The third-order valence-corrected chi connectivity index (χ3v) is 6.17. The van der Waals surface area contributed by atoms with E-state index in [1.807, 2.05) is 19.1 Å². The van der Waals surface area contributed by atoms with E-state index < -0.39 is 0 Å². The van der Waals surface area contributed by atoms with Gasteiger partial charge in [-0.25, -0.2) is 4.98 Å². The number of nitrogens with one attached hydrogen (secondary N) is 2. The van der Waals surface area contributed by atoms with Crippen molar-refractivity contribution in [3.8, 4) is 0 Å². The molecule has 9 nitrogen and oxygen atoms in total. The predicted molar refractivity (Wildman–Crippen MR) is 134 cm³/mol. The zero-order chi connectivity index (χ0) is 23.9. The van der Waals surface area contributed by atoms with Crippen molar-refractivity contribution in [2.45, 2.75) is 26.7 Å². The number of anilines is 1. The molecule has 0 saturated carbocycles. The fraction of sp³-hybridized carbons (Fsp3) is 0.480. The second-order valence-electron chi connectivity index (χ2n) is 8.69. The zero-order valence-electron chi connectivity index (χ0n) is 20.0. The highest BCUT2D eigenvalue weighted by Crippen LogP contribution is 2.17. The van der Waals surface area contributed by atoms with Gasteiger partial charge in [0.15, 0.2) is 5.65 Å². The second kappa shape index (κ2) is 11.3. The molecule has 0 aliphatic carbocycles. The molecule has 4 heterocycles. The quantitative estimate of drug-likeness (QED) is 0.573. The lowest BCUT2D eigenvalue weighted by Gasteiger charge is -2.30. The van der Waals surface area contributed by atoms with Crippen LogP contribution in [0.3, 0.4) is 0 Å². The summed E-state index contributed by atoms with van der Waals surface area (Å²) in [6.07, 6.45) is 9.59. The molecule has 0 amide bonds. The summed E-state index contributed by atoms with van der Waals surface area (Å²) in [6, 6.07) is 1.79. The van der Waals surface area contributed by atoms with Gasteiger partial charge in [0.05, 0.1) is 0 Å². The number of piperazine rings is 1. The number of aromatic nitrogens is 3. The molecule has 2 fully saturated rings. The Morgan fingerprint density at radius 2 is 2.09 bits per heavy atom. The minimum atomic E-state index is -0.211. The summed E-state index contributed by atoms with van der Waals surface area (Å²) in [4.78, 5) is 30.1. The van der Waals surface area contributed by atoms with E-state index in [2.05, 4.69) is 38.2 Å². The topological polar surface area (TPSA) is 93.5 Å². The van der Waals surface area contributed by atoms with Crippen molar-refractivity contribution in [3.05, 3.63) is 64.4 Å². The Labute approximate surface area is 200 Å². The normalized spacial score (nSPS) is 17.9. The summed E-state index contributed by atoms with van der Waals surface area (Å²) >= 11 is 0. The molecule has 0 unspecified atom stereocenters. The fourth-order valence-electron chi connectivity index (χ4n) is 4.15. The maximum Gasteiger partial charge on any atom is 0.287 e. The number of allylic oxidation sites excluding steroid dienone is 3. The third kappa shape index (κ3) is 5.84. The molecule has 2 aliphatic rings. The molecule has 2 saturated heterocycles. The highest BCUT2D eigenvalue weighted by molar-refractivity contribution is 5.75. The summed E-state index contributed by atoms with van der Waals surface area (Å²) in [6.45, 7) is 13.7. The summed E-state index contributed by atoms with van der Waals surface area (Å²) in [7, 11) is 0. The molecule has 182 valence electrons. The Morgan fingerprint density at radius 1 is 1.32 bits per heavy atom. The Balaban J connectivity index is 1.49. The smallest absolute Gasteiger partial charge is 0.287 e. The first kappa shape index (κ1) is 24.0. The van der Waals surface area contributed by atoms with Gasteiger partial charge in [-0.3, -0.25) is 4.79 Å². The van der Waals surface area contributed by atoms with Gasteiger partial charge >= 0.3 is 0 Å². The second-order valence-corrected chi connectivity index (χ2v) is 8.69. The number of nitrogens with zero attached hydrogens (tertiary/aromatic N) is 4. The van der Waals surface area contributed by atoms with E-state index in [1.54, 1.807) is 19.2 Å². The van der Waals surface area contributed by atoms with Crippen LogP contribution in [0.15, 0.2) is 53.3 Å². The zero-order valence-corrected chi connectivity index (χ0v) is 20.0. The number of hydrogen-bond donors (Lipinski definition) is 2. The predicted octanol–water partition coefficient (Wildman–Crippen LogP) is 2.25. The first-order valence-corrected chi connectivity index (χ1v) is 11.9. The molecule has 4 rings (SSSR count). The number of ether oxygens (including phenoxy) is 1. The molecule has 2 aromatic heterocycles. The van der Waals surface area contributed by atoms with Crippen LogP contribution in [-0.2, 0) is 4.74 Å². The van der Waals surface area contributed by atoms with E-state index in [0.29, 0.717) is 35.4 Å². The monoisotopic (exact) mass is 466 g/mol. The maximum atomic E-state index is 12.8. The molecule has 34 heavy (non-hydrogen) atoms. The van der Waals surface area contributed by atoms with Crippen molar-refractivity contribution >= 4 is 17.0 Å². The SMILES string of the molecule is C=C(/C=C\C(=C/C)N1CCNCC1)Nc1ncc2cc(C)c(=O)n(OCC3CCOCC3)c2n1. The van der Waals surface area contributed by atoms with Gasteiger partial charge in [0, 0.05) is 67.9 Å². The minimum absolute atomic E-state index is 0.211. The number of hydrogen-bond acceptors (Lipinski definition) is 8. The van der Waals surface area contributed by atoms with Crippen LogP contribution >= 0.6 is 0 Å². The van der Waals surface area contributed by atoms with Crippen LogP contribution in [0.25, 0.3) is 11.0 Å². The van der Waals surface area contributed by atoms with E-state index in [4.69, 9.17) is 9.57 Å². The molecule has 2 N–H and O–H groups in total.